The van der Waals surface area contributed by atoms with Gasteiger partial charge in [-0.3, -0.25) is 9.59 Å². The van der Waals surface area contributed by atoms with Gasteiger partial charge in [0.25, 0.3) is 0 Å². The van der Waals surface area contributed by atoms with E-state index >= 15 is 0 Å². The molecule has 110 valence electrons. The Kier molecular flexibility index (Phi) is 5.20. The van der Waals surface area contributed by atoms with Gasteiger partial charge in [-0.05, 0) is 12.8 Å². The Morgan fingerprint density at radius 3 is 2.47 bits per heavy atom. The van der Waals surface area contributed by atoms with E-state index in [0.29, 0.717) is 4.90 Å². The molecule has 0 bridgehead atoms. The van der Waals surface area contributed by atoms with E-state index in [2.05, 4.69) is 5.32 Å². The third-order valence-electron chi connectivity index (χ3n) is 3.29. The molecule has 0 spiro atoms. The predicted molar refractivity (Wildman–Crippen MR) is 63.3 cm³/mol. The van der Waals surface area contributed by atoms with Crippen LogP contribution in [0.1, 0.15) is 33.1 Å². The largest absolute Gasteiger partial charge is 0.406 e. The first-order valence-corrected chi connectivity index (χ1v) is 6.41. The standard InChI is InChI=1S/C12H19F3N2O2/c1-3-9(4-2)16-11(19)8-5-10(18)17(6-8)7-12(13,14)15/h8-9H,3-7H2,1-2H3,(H,16,19)/t8-/m1/s1. The molecule has 1 rings (SSSR count). The Balaban J connectivity index is 2.54. The number of nitrogens with one attached hydrogen (secondary N) is 1. The summed E-state index contributed by atoms with van der Waals surface area (Å²) in [6.07, 6.45) is -3.04. The molecule has 19 heavy (non-hydrogen) atoms. The summed E-state index contributed by atoms with van der Waals surface area (Å²) in [5.74, 6) is -1.61. The maximum Gasteiger partial charge on any atom is 0.406 e. The van der Waals surface area contributed by atoms with Crippen molar-refractivity contribution in [2.75, 3.05) is 13.1 Å². The van der Waals surface area contributed by atoms with Gasteiger partial charge in [-0.25, -0.2) is 0 Å². The van der Waals surface area contributed by atoms with Crippen molar-refractivity contribution < 1.29 is 22.8 Å². The summed E-state index contributed by atoms with van der Waals surface area (Å²) in [7, 11) is 0. The molecule has 1 aliphatic heterocycles. The molecule has 1 fully saturated rings. The maximum absolute atomic E-state index is 12.2. The summed E-state index contributed by atoms with van der Waals surface area (Å²) >= 11 is 0. The third kappa shape index (κ3) is 4.72. The minimum absolute atomic E-state index is 0.0132. The van der Waals surface area contributed by atoms with Crippen molar-refractivity contribution in [1.82, 2.24) is 10.2 Å². The van der Waals surface area contributed by atoms with Crippen molar-refractivity contribution >= 4 is 11.8 Å². The van der Waals surface area contributed by atoms with Crippen LogP contribution in [-0.2, 0) is 9.59 Å². The van der Waals surface area contributed by atoms with E-state index in [1.54, 1.807) is 0 Å². The van der Waals surface area contributed by atoms with Crippen LogP contribution in [0.25, 0.3) is 0 Å². The molecule has 4 nitrogen and oxygen atoms in total. The lowest BCUT2D eigenvalue weighted by molar-refractivity contribution is -0.157. The van der Waals surface area contributed by atoms with Gasteiger partial charge < -0.3 is 10.2 Å². The van der Waals surface area contributed by atoms with E-state index in [9.17, 15) is 22.8 Å². The lowest BCUT2D eigenvalue weighted by atomic mass is 10.1. The van der Waals surface area contributed by atoms with Crippen molar-refractivity contribution in [3.63, 3.8) is 0 Å². The average molecular weight is 280 g/mol. The van der Waals surface area contributed by atoms with Gasteiger partial charge in [0.1, 0.15) is 6.54 Å². The number of amides is 2. The molecule has 0 unspecified atom stereocenters. The monoisotopic (exact) mass is 280 g/mol. The van der Waals surface area contributed by atoms with E-state index in [1.807, 2.05) is 13.8 Å². The second-order valence-corrected chi connectivity index (χ2v) is 4.81. The Bertz CT molecular complexity index is 340. The second kappa shape index (κ2) is 6.25. The molecule has 0 aromatic heterocycles. The second-order valence-electron chi connectivity index (χ2n) is 4.81. The van der Waals surface area contributed by atoms with Crippen LogP contribution >= 0.6 is 0 Å². The third-order valence-corrected chi connectivity index (χ3v) is 3.29. The quantitative estimate of drug-likeness (QED) is 0.833. The zero-order valence-electron chi connectivity index (χ0n) is 11.1. The molecule has 7 heteroatoms. The number of hydrogen-bond acceptors (Lipinski definition) is 2. The summed E-state index contributed by atoms with van der Waals surface area (Å²) in [4.78, 5) is 24.0. The van der Waals surface area contributed by atoms with Crippen LogP contribution < -0.4 is 5.32 Å². The minimum Gasteiger partial charge on any atom is -0.353 e. The van der Waals surface area contributed by atoms with Gasteiger partial charge in [0.2, 0.25) is 11.8 Å². The van der Waals surface area contributed by atoms with Gasteiger partial charge in [-0.15, -0.1) is 0 Å². The van der Waals surface area contributed by atoms with Crippen LogP contribution in [0, 0.1) is 5.92 Å². The molecule has 1 N–H and O–H groups in total. The number of halogens is 3. The van der Waals surface area contributed by atoms with Crippen LogP contribution in [0.3, 0.4) is 0 Å². The van der Waals surface area contributed by atoms with Crippen LogP contribution in [0.4, 0.5) is 13.2 Å². The number of nitrogens with zero attached hydrogens (tertiary/aromatic N) is 1. The van der Waals surface area contributed by atoms with E-state index in [0.717, 1.165) is 12.8 Å². The predicted octanol–water partition coefficient (Wildman–Crippen LogP) is 1.70. The normalized spacial score (nSPS) is 20.2. The van der Waals surface area contributed by atoms with Crippen LogP contribution in [0.15, 0.2) is 0 Å². The fourth-order valence-corrected chi connectivity index (χ4v) is 2.13. The zero-order chi connectivity index (χ0) is 14.6. The number of carbonyl (C=O) groups is 2. The first-order valence-electron chi connectivity index (χ1n) is 6.41. The van der Waals surface area contributed by atoms with Crippen LogP contribution in [-0.4, -0.2) is 42.0 Å². The highest BCUT2D eigenvalue weighted by Gasteiger charge is 2.40. The van der Waals surface area contributed by atoms with Crippen LogP contribution in [0.5, 0.6) is 0 Å². The molecule has 0 radical (unpaired) electrons. The van der Waals surface area contributed by atoms with E-state index in [-0.39, 0.29) is 24.9 Å². The topological polar surface area (TPSA) is 49.4 Å². The Labute approximate surface area is 110 Å². The SMILES string of the molecule is CCC(CC)NC(=O)[C@@H]1CC(=O)N(CC(F)(F)F)C1. The average Bonchev–Trinajstić information content (AvgIpc) is 2.65. The Hall–Kier alpha value is -1.27. The maximum atomic E-state index is 12.2. The van der Waals surface area contributed by atoms with E-state index in [1.165, 1.54) is 0 Å². The fraction of sp³-hybridized carbons (Fsp3) is 0.833. The molecule has 0 saturated carbocycles. The molecule has 1 saturated heterocycles. The Morgan fingerprint density at radius 2 is 2.00 bits per heavy atom. The number of carbonyl (C=O) groups excluding carboxylic acids is 2. The summed E-state index contributed by atoms with van der Waals surface area (Å²) < 4.78 is 36.7. The molecular formula is C12H19F3N2O2. The van der Waals surface area contributed by atoms with Gasteiger partial charge in [0.05, 0.1) is 5.92 Å². The van der Waals surface area contributed by atoms with Gasteiger partial charge in [-0.2, -0.15) is 13.2 Å². The Morgan fingerprint density at radius 1 is 1.42 bits per heavy atom. The molecule has 2 amide bonds. The van der Waals surface area contributed by atoms with Crippen molar-refractivity contribution in [3.8, 4) is 0 Å². The first-order chi connectivity index (χ1) is 8.76. The number of hydrogen-bond donors (Lipinski definition) is 1. The van der Waals surface area contributed by atoms with Gasteiger partial charge >= 0.3 is 6.18 Å². The number of rotatable bonds is 5. The summed E-state index contributed by atoms with van der Waals surface area (Å²) in [6.45, 7) is 2.42. The van der Waals surface area contributed by atoms with Crippen molar-refractivity contribution in [1.29, 1.82) is 0 Å². The van der Waals surface area contributed by atoms with E-state index < -0.39 is 24.5 Å². The fourth-order valence-electron chi connectivity index (χ4n) is 2.13. The highest BCUT2D eigenvalue weighted by molar-refractivity contribution is 5.89. The summed E-state index contributed by atoms with van der Waals surface area (Å²) in [5.41, 5.74) is 0. The summed E-state index contributed by atoms with van der Waals surface area (Å²) in [5, 5.41) is 2.76. The van der Waals surface area contributed by atoms with E-state index in [4.69, 9.17) is 0 Å². The van der Waals surface area contributed by atoms with Crippen molar-refractivity contribution in [2.45, 2.75) is 45.3 Å². The highest BCUT2D eigenvalue weighted by atomic mass is 19.4. The van der Waals surface area contributed by atoms with Crippen molar-refractivity contribution in [2.24, 2.45) is 5.92 Å². The highest BCUT2D eigenvalue weighted by Crippen LogP contribution is 2.24. The molecule has 0 aromatic carbocycles. The number of alkyl halides is 3. The smallest absolute Gasteiger partial charge is 0.353 e. The summed E-state index contributed by atoms with van der Waals surface area (Å²) in [6, 6.07) is 0.0132. The van der Waals surface area contributed by atoms with Gasteiger partial charge in [0.15, 0.2) is 0 Å². The minimum atomic E-state index is -4.42. The van der Waals surface area contributed by atoms with Gasteiger partial charge in [0, 0.05) is 19.0 Å². The molecule has 1 atom stereocenters. The molecular weight excluding hydrogens is 261 g/mol. The van der Waals surface area contributed by atoms with Gasteiger partial charge in [-0.1, -0.05) is 13.8 Å². The molecule has 1 heterocycles. The molecule has 0 aromatic rings. The van der Waals surface area contributed by atoms with Crippen LogP contribution in [0.2, 0.25) is 0 Å². The first kappa shape index (κ1) is 15.8. The molecule has 0 aliphatic carbocycles. The number of likely N-dealkylation sites (tertiary alicyclic amines) is 1. The molecule has 1 aliphatic rings. The lowest BCUT2D eigenvalue weighted by Gasteiger charge is -2.19. The lowest BCUT2D eigenvalue weighted by Crippen LogP contribution is -2.40. The zero-order valence-corrected chi connectivity index (χ0v) is 11.1. The van der Waals surface area contributed by atoms with Crippen molar-refractivity contribution in [3.05, 3.63) is 0 Å².